The fourth-order valence-corrected chi connectivity index (χ4v) is 3.03. The van der Waals surface area contributed by atoms with Crippen LogP contribution in [-0.4, -0.2) is 48.4 Å². The van der Waals surface area contributed by atoms with Crippen molar-refractivity contribution in [3.05, 3.63) is 77.1 Å². The summed E-state index contributed by atoms with van der Waals surface area (Å²) in [6.07, 6.45) is 4.27. The fourth-order valence-electron chi connectivity index (χ4n) is 3.03. The number of carbonyl (C=O) groups is 1. The number of nitrogens with zero attached hydrogens (tertiary/aromatic N) is 2. The Morgan fingerprint density at radius 3 is 2.52 bits per heavy atom. The second kappa shape index (κ2) is 8.08. The molecule has 0 aromatic heterocycles. The molecule has 0 atom stereocenters. The third kappa shape index (κ3) is 4.54. The van der Waals surface area contributed by atoms with Crippen LogP contribution in [0.2, 0.25) is 0 Å². The Morgan fingerprint density at radius 2 is 1.80 bits per heavy atom. The zero-order valence-electron chi connectivity index (χ0n) is 14.5. The molecule has 1 fully saturated rings. The summed E-state index contributed by atoms with van der Waals surface area (Å²) >= 11 is 0. The molecule has 1 amide bonds. The van der Waals surface area contributed by atoms with Gasteiger partial charge < -0.3 is 4.90 Å². The number of piperazine rings is 1. The normalized spacial score (nSPS) is 15.7. The molecule has 3 nitrogen and oxygen atoms in total. The van der Waals surface area contributed by atoms with E-state index in [1.807, 2.05) is 30.0 Å². The van der Waals surface area contributed by atoms with E-state index in [0.717, 1.165) is 25.2 Å². The number of halogens is 1. The highest BCUT2D eigenvalue weighted by Crippen LogP contribution is 2.15. The third-order valence-electron chi connectivity index (χ3n) is 4.56. The SMILES string of the molecule is Cc1ccc(F)cc1C(=O)N1CCN(C/C=C/c2ccccc2)CC1. The van der Waals surface area contributed by atoms with Gasteiger partial charge in [0.2, 0.25) is 0 Å². The van der Waals surface area contributed by atoms with E-state index in [1.54, 1.807) is 6.07 Å². The fraction of sp³-hybridized carbons (Fsp3) is 0.286. The van der Waals surface area contributed by atoms with Crippen molar-refractivity contribution in [3.8, 4) is 0 Å². The standard InChI is InChI=1S/C21H23FN2O/c1-17-9-10-19(22)16-20(17)21(25)24-14-12-23(13-15-24)11-5-8-18-6-3-2-4-7-18/h2-10,16H,11-15H2,1H3/b8-5+. The highest BCUT2D eigenvalue weighted by atomic mass is 19.1. The van der Waals surface area contributed by atoms with Crippen LogP contribution >= 0.6 is 0 Å². The minimum atomic E-state index is -0.362. The van der Waals surface area contributed by atoms with Crippen LogP contribution in [0.5, 0.6) is 0 Å². The molecular formula is C21H23FN2O. The summed E-state index contributed by atoms with van der Waals surface area (Å²) in [6.45, 7) is 5.73. The minimum absolute atomic E-state index is 0.0727. The topological polar surface area (TPSA) is 23.6 Å². The summed E-state index contributed by atoms with van der Waals surface area (Å²) in [5.41, 5.74) is 2.48. The molecule has 130 valence electrons. The molecule has 4 heteroatoms. The molecule has 0 aliphatic carbocycles. The van der Waals surface area contributed by atoms with E-state index in [4.69, 9.17) is 0 Å². The van der Waals surface area contributed by atoms with E-state index in [9.17, 15) is 9.18 Å². The average molecular weight is 338 g/mol. The van der Waals surface area contributed by atoms with Crippen molar-refractivity contribution in [1.29, 1.82) is 0 Å². The molecule has 0 spiro atoms. The molecule has 2 aromatic carbocycles. The van der Waals surface area contributed by atoms with Crippen LogP contribution in [0.4, 0.5) is 4.39 Å². The quantitative estimate of drug-likeness (QED) is 0.850. The van der Waals surface area contributed by atoms with Gasteiger partial charge in [0.15, 0.2) is 0 Å². The van der Waals surface area contributed by atoms with E-state index in [-0.39, 0.29) is 11.7 Å². The van der Waals surface area contributed by atoms with Gasteiger partial charge in [-0.25, -0.2) is 4.39 Å². The lowest BCUT2D eigenvalue weighted by Gasteiger charge is -2.34. The van der Waals surface area contributed by atoms with Gasteiger partial charge >= 0.3 is 0 Å². The molecule has 0 unspecified atom stereocenters. The first-order chi connectivity index (χ1) is 12.1. The van der Waals surface area contributed by atoms with Gasteiger partial charge in [0, 0.05) is 38.3 Å². The summed E-state index contributed by atoms with van der Waals surface area (Å²) in [7, 11) is 0. The number of amides is 1. The molecule has 0 radical (unpaired) electrons. The maximum atomic E-state index is 13.4. The van der Waals surface area contributed by atoms with Crippen LogP contribution in [0.3, 0.4) is 0 Å². The van der Waals surface area contributed by atoms with Gasteiger partial charge in [0.25, 0.3) is 5.91 Å². The van der Waals surface area contributed by atoms with Crippen molar-refractivity contribution >= 4 is 12.0 Å². The lowest BCUT2D eigenvalue weighted by atomic mass is 10.1. The Labute approximate surface area is 148 Å². The highest BCUT2D eigenvalue weighted by molar-refractivity contribution is 5.95. The lowest BCUT2D eigenvalue weighted by molar-refractivity contribution is 0.0649. The molecular weight excluding hydrogens is 315 g/mol. The Hall–Kier alpha value is -2.46. The second-order valence-electron chi connectivity index (χ2n) is 6.37. The van der Waals surface area contributed by atoms with Gasteiger partial charge in [-0.15, -0.1) is 0 Å². The number of aryl methyl sites for hydroxylation is 1. The number of rotatable bonds is 4. The first-order valence-electron chi connectivity index (χ1n) is 8.63. The Kier molecular flexibility index (Phi) is 5.61. The van der Waals surface area contributed by atoms with Crippen molar-refractivity contribution in [2.75, 3.05) is 32.7 Å². The van der Waals surface area contributed by atoms with Crippen LogP contribution in [-0.2, 0) is 0 Å². The van der Waals surface area contributed by atoms with Crippen molar-refractivity contribution in [2.24, 2.45) is 0 Å². The molecule has 25 heavy (non-hydrogen) atoms. The number of hydrogen-bond donors (Lipinski definition) is 0. The largest absolute Gasteiger partial charge is 0.336 e. The molecule has 1 heterocycles. The van der Waals surface area contributed by atoms with Crippen LogP contribution in [0.15, 0.2) is 54.6 Å². The number of hydrogen-bond acceptors (Lipinski definition) is 2. The molecule has 2 aromatic rings. The molecule has 1 aliphatic heterocycles. The van der Waals surface area contributed by atoms with Crippen molar-refractivity contribution in [1.82, 2.24) is 9.80 Å². The number of benzene rings is 2. The van der Waals surface area contributed by atoms with Crippen LogP contribution < -0.4 is 0 Å². The van der Waals surface area contributed by atoms with E-state index in [2.05, 4.69) is 29.2 Å². The van der Waals surface area contributed by atoms with Crippen LogP contribution in [0.25, 0.3) is 6.08 Å². The van der Waals surface area contributed by atoms with E-state index >= 15 is 0 Å². The molecule has 0 bridgehead atoms. The summed E-state index contributed by atoms with van der Waals surface area (Å²) < 4.78 is 13.4. The Morgan fingerprint density at radius 1 is 1.08 bits per heavy atom. The number of carbonyl (C=O) groups excluding carboxylic acids is 1. The molecule has 0 N–H and O–H groups in total. The van der Waals surface area contributed by atoms with Gasteiger partial charge in [-0.1, -0.05) is 48.6 Å². The zero-order chi connectivity index (χ0) is 17.6. The van der Waals surface area contributed by atoms with Gasteiger partial charge in [0.05, 0.1) is 0 Å². The van der Waals surface area contributed by atoms with Gasteiger partial charge in [0.1, 0.15) is 5.82 Å². The highest BCUT2D eigenvalue weighted by Gasteiger charge is 2.22. The van der Waals surface area contributed by atoms with Gasteiger partial charge in [-0.3, -0.25) is 9.69 Å². The molecule has 3 rings (SSSR count). The van der Waals surface area contributed by atoms with Gasteiger partial charge in [-0.05, 0) is 30.2 Å². The van der Waals surface area contributed by atoms with E-state index in [0.29, 0.717) is 18.7 Å². The van der Waals surface area contributed by atoms with Crippen molar-refractivity contribution in [2.45, 2.75) is 6.92 Å². The maximum Gasteiger partial charge on any atom is 0.254 e. The Bertz CT molecular complexity index is 750. The van der Waals surface area contributed by atoms with Crippen molar-refractivity contribution in [3.63, 3.8) is 0 Å². The smallest absolute Gasteiger partial charge is 0.254 e. The monoisotopic (exact) mass is 338 g/mol. The van der Waals surface area contributed by atoms with Crippen molar-refractivity contribution < 1.29 is 9.18 Å². The maximum absolute atomic E-state index is 13.4. The zero-order valence-corrected chi connectivity index (χ0v) is 14.5. The summed E-state index contributed by atoms with van der Waals surface area (Å²) in [5.74, 6) is -0.435. The first kappa shape index (κ1) is 17.4. The first-order valence-corrected chi connectivity index (χ1v) is 8.63. The lowest BCUT2D eigenvalue weighted by Crippen LogP contribution is -2.48. The minimum Gasteiger partial charge on any atom is -0.336 e. The van der Waals surface area contributed by atoms with E-state index < -0.39 is 0 Å². The van der Waals surface area contributed by atoms with E-state index in [1.165, 1.54) is 17.7 Å². The third-order valence-corrected chi connectivity index (χ3v) is 4.56. The molecule has 0 saturated carbocycles. The second-order valence-corrected chi connectivity index (χ2v) is 6.37. The van der Waals surface area contributed by atoms with Crippen LogP contribution in [0, 0.1) is 12.7 Å². The average Bonchev–Trinajstić information content (AvgIpc) is 2.65. The summed E-state index contributed by atoms with van der Waals surface area (Å²) in [6, 6.07) is 14.6. The Balaban J connectivity index is 1.52. The summed E-state index contributed by atoms with van der Waals surface area (Å²) in [4.78, 5) is 16.7. The molecule has 1 aliphatic rings. The van der Waals surface area contributed by atoms with Crippen LogP contribution in [0.1, 0.15) is 21.5 Å². The predicted molar refractivity (Wildman–Crippen MR) is 99.0 cm³/mol. The van der Waals surface area contributed by atoms with Gasteiger partial charge in [-0.2, -0.15) is 0 Å². The predicted octanol–water partition coefficient (Wildman–Crippen LogP) is 3.61. The molecule has 1 saturated heterocycles. The summed E-state index contributed by atoms with van der Waals surface area (Å²) in [5, 5.41) is 0.